The summed E-state index contributed by atoms with van der Waals surface area (Å²) in [4.78, 5) is 0. The molecule has 0 saturated carbocycles. The molecule has 0 aromatic rings. The van der Waals surface area contributed by atoms with E-state index in [-0.39, 0.29) is 1.61 Å². The standard InChI is InChI=1S/C4H5I3O/c5-3-1-2-8-4(3,6)7/h3H,1-2H2. The van der Waals surface area contributed by atoms with E-state index in [4.69, 9.17) is 4.74 Å². The Morgan fingerprint density at radius 2 is 2.12 bits per heavy atom. The van der Waals surface area contributed by atoms with Gasteiger partial charge in [0.15, 0.2) is 1.61 Å². The lowest BCUT2D eigenvalue weighted by Crippen LogP contribution is -2.17. The molecule has 1 saturated heterocycles. The molecule has 0 amide bonds. The van der Waals surface area contributed by atoms with Crippen LogP contribution in [0.4, 0.5) is 0 Å². The van der Waals surface area contributed by atoms with Crippen LogP contribution in [0.2, 0.25) is 0 Å². The smallest absolute Gasteiger partial charge is 0.181 e. The van der Waals surface area contributed by atoms with Gasteiger partial charge in [-0.25, -0.2) is 0 Å². The van der Waals surface area contributed by atoms with Crippen molar-refractivity contribution in [3.8, 4) is 0 Å². The Morgan fingerprint density at radius 1 is 1.50 bits per heavy atom. The average molecular weight is 450 g/mol. The first-order valence-electron chi connectivity index (χ1n) is 2.29. The topological polar surface area (TPSA) is 9.23 Å². The van der Waals surface area contributed by atoms with E-state index in [1.807, 2.05) is 0 Å². The number of hydrogen-bond donors (Lipinski definition) is 0. The van der Waals surface area contributed by atoms with E-state index in [1.165, 1.54) is 6.42 Å². The van der Waals surface area contributed by atoms with Gasteiger partial charge in [0.2, 0.25) is 0 Å². The van der Waals surface area contributed by atoms with Gasteiger partial charge in [-0.15, -0.1) is 0 Å². The van der Waals surface area contributed by atoms with E-state index in [1.54, 1.807) is 0 Å². The average Bonchev–Trinajstić information content (AvgIpc) is 1.86. The molecule has 1 atom stereocenters. The lowest BCUT2D eigenvalue weighted by Gasteiger charge is -2.15. The van der Waals surface area contributed by atoms with Crippen molar-refractivity contribution in [1.29, 1.82) is 0 Å². The maximum absolute atomic E-state index is 5.42. The van der Waals surface area contributed by atoms with Gasteiger partial charge < -0.3 is 4.74 Å². The number of hydrogen-bond acceptors (Lipinski definition) is 1. The predicted molar refractivity (Wildman–Crippen MR) is 59.1 cm³/mol. The van der Waals surface area contributed by atoms with E-state index < -0.39 is 0 Å². The maximum atomic E-state index is 5.42. The van der Waals surface area contributed by atoms with Crippen LogP contribution in [0.3, 0.4) is 0 Å². The number of ether oxygens (including phenoxy) is 1. The number of halogens is 3. The molecule has 0 aromatic heterocycles. The van der Waals surface area contributed by atoms with Gasteiger partial charge in [0.1, 0.15) is 0 Å². The summed E-state index contributed by atoms with van der Waals surface area (Å²) in [5.74, 6) is 0. The molecule has 1 fully saturated rings. The lowest BCUT2D eigenvalue weighted by atomic mass is 10.4. The molecule has 8 heavy (non-hydrogen) atoms. The molecule has 48 valence electrons. The third-order valence-electron chi connectivity index (χ3n) is 1.03. The van der Waals surface area contributed by atoms with Crippen molar-refractivity contribution in [3.63, 3.8) is 0 Å². The SMILES string of the molecule is IC1CCOC1(I)I. The van der Waals surface area contributed by atoms with Gasteiger partial charge in [0, 0.05) is 0 Å². The monoisotopic (exact) mass is 450 g/mol. The van der Waals surface area contributed by atoms with Crippen molar-refractivity contribution in [3.05, 3.63) is 0 Å². The maximum Gasteiger partial charge on any atom is 0.181 e. The minimum Gasteiger partial charge on any atom is -0.354 e. The van der Waals surface area contributed by atoms with Crippen LogP contribution in [0.25, 0.3) is 0 Å². The van der Waals surface area contributed by atoms with Crippen LogP contribution >= 0.6 is 67.8 Å². The zero-order valence-electron chi connectivity index (χ0n) is 4.03. The van der Waals surface area contributed by atoms with Crippen LogP contribution < -0.4 is 0 Å². The molecule has 0 N–H and O–H groups in total. The molecule has 0 radical (unpaired) electrons. The number of rotatable bonds is 0. The van der Waals surface area contributed by atoms with E-state index in [2.05, 4.69) is 67.8 Å². The zero-order valence-corrected chi connectivity index (χ0v) is 10.5. The summed E-state index contributed by atoms with van der Waals surface area (Å²) in [6.07, 6.45) is 1.20. The van der Waals surface area contributed by atoms with Gasteiger partial charge in [-0.1, -0.05) is 22.6 Å². The second-order valence-electron chi connectivity index (χ2n) is 1.67. The summed E-state index contributed by atoms with van der Waals surface area (Å²) < 4.78 is 6.18. The Balaban J connectivity index is 2.54. The molecule has 0 spiro atoms. The molecule has 1 nitrogen and oxygen atoms in total. The summed E-state index contributed by atoms with van der Waals surface area (Å²) in [5.41, 5.74) is 0. The fourth-order valence-corrected chi connectivity index (χ4v) is 2.05. The first-order valence-corrected chi connectivity index (χ1v) is 5.69. The van der Waals surface area contributed by atoms with Crippen LogP contribution in [0.1, 0.15) is 6.42 Å². The molecular weight excluding hydrogens is 445 g/mol. The molecule has 1 aliphatic heterocycles. The van der Waals surface area contributed by atoms with Crippen LogP contribution in [-0.2, 0) is 4.74 Å². The first-order chi connectivity index (χ1) is 3.63. The van der Waals surface area contributed by atoms with Crippen molar-refractivity contribution >= 4 is 67.8 Å². The zero-order chi connectivity index (χ0) is 6.20. The quantitative estimate of drug-likeness (QED) is 0.408. The Kier molecular flexibility index (Phi) is 3.13. The molecule has 0 aliphatic carbocycles. The van der Waals surface area contributed by atoms with E-state index in [9.17, 15) is 0 Å². The van der Waals surface area contributed by atoms with Crippen LogP contribution in [-0.4, -0.2) is 12.1 Å². The summed E-state index contributed by atoms with van der Waals surface area (Å²) in [5, 5.41) is 0. The van der Waals surface area contributed by atoms with Crippen molar-refractivity contribution < 1.29 is 4.74 Å². The molecule has 1 unspecified atom stereocenters. The van der Waals surface area contributed by atoms with Crippen molar-refractivity contribution in [2.24, 2.45) is 0 Å². The van der Waals surface area contributed by atoms with E-state index in [0.29, 0.717) is 3.92 Å². The largest absolute Gasteiger partial charge is 0.354 e. The Labute approximate surface area is 89.7 Å². The Hall–Kier alpha value is 2.15. The molecule has 0 aromatic carbocycles. The molecule has 1 heterocycles. The summed E-state index contributed by atoms with van der Waals surface area (Å²) in [6.45, 7) is 0.930. The highest BCUT2D eigenvalue weighted by molar-refractivity contribution is 14.2. The minimum absolute atomic E-state index is 0.0794. The van der Waals surface area contributed by atoms with Crippen molar-refractivity contribution in [2.45, 2.75) is 12.0 Å². The second-order valence-corrected chi connectivity index (χ2v) is 8.44. The molecular formula is C4H5I3O. The Morgan fingerprint density at radius 3 is 2.25 bits per heavy atom. The molecule has 1 aliphatic rings. The van der Waals surface area contributed by atoms with Gasteiger partial charge in [-0.3, -0.25) is 0 Å². The fraction of sp³-hybridized carbons (Fsp3) is 1.00. The van der Waals surface area contributed by atoms with Crippen molar-refractivity contribution in [2.75, 3.05) is 6.61 Å². The summed E-state index contributed by atoms with van der Waals surface area (Å²) in [7, 11) is 0. The molecule has 4 heteroatoms. The van der Waals surface area contributed by atoms with E-state index in [0.717, 1.165) is 6.61 Å². The van der Waals surface area contributed by atoms with Crippen molar-refractivity contribution in [1.82, 2.24) is 0 Å². The van der Waals surface area contributed by atoms with Gasteiger partial charge in [-0.2, -0.15) is 0 Å². The minimum atomic E-state index is 0.0794. The first kappa shape index (κ1) is 8.25. The lowest BCUT2D eigenvalue weighted by molar-refractivity contribution is 0.176. The third-order valence-corrected chi connectivity index (χ3v) is 7.04. The highest BCUT2D eigenvalue weighted by Gasteiger charge is 2.37. The Bertz CT molecular complexity index is 93.3. The van der Waals surface area contributed by atoms with Gasteiger partial charge >= 0.3 is 0 Å². The fourth-order valence-electron chi connectivity index (χ4n) is 0.557. The highest BCUT2D eigenvalue weighted by atomic mass is 127. The van der Waals surface area contributed by atoms with Crippen LogP contribution in [0, 0.1) is 0 Å². The number of alkyl halides is 3. The van der Waals surface area contributed by atoms with Gasteiger partial charge in [-0.05, 0) is 51.6 Å². The highest BCUT2D eigenvalue weighted by Crippen LogP contribution is 2.43. The molecule has 1 rings (SSSR count). The van der Waals surface area contributed by atoms with Gasteiger partial charge in [0.25, 0.3) is 0 Å². The normalized spacial score (nSPS) is 35.6. The second kappa shape index (κ2) is 3.04. The van der Waals surface area contributed by atoms with E-state index >= 15 is 0 Å². The van der Waals surface area contributed by atoms with Crippen LogP contribution in [0.15, 0.2) is 0 Å². The third kappa shape index (κ3) is 1.82. The molecule has 0 bridgehead atoms. The summed E-state index contributed by atoms with van der Waals surface area (Å²) >= 11 is 7.13. The van der Waals surface area contributed by atoms with Gasteiger partial charge in [0.05, 0.1) is 10.5 Å². The summed E-state index contributed by atoms with van der Waals surface area (Å²) in [6, 6.07) is 0. The van der Waals surface area contributed by atoms with Crippen LogP contribution in [0.5, 0.6) is 0 Å². The predicted octanol–water partition coefficient (Wildman–Crippen LogP) is 2.73.